The van der Waals surface area contributed by atoms with Gasteiger partial charge in [0.15, 0.2) is 0 Å². The molecule has 1 atom stereocenters. The first kappa shape index (κ1) is 19.6. The number of sulfone groups is 1. The van der Waals surface area contributed by atoms with E-state index in [-0.39, 0.29) is 27.7 Å². The molecule has 2 aromatic carbocycles. The molecule has 1 unspecified atom stereocenters. The molecule has 0 fully saturated rings. The summed E-state index contributed by atoms with van der Waals surface area (Å²) in [6.45, 7) is 1.60. The quantitative estimate of drug-likeness (QED) is 0.678. The van der Waals surface area contributed by atoms with Crippen molar-refractivity contribution >= 4 is 27.3 Å². The van der Waals surface area contributed by atoms with Gasteiger partial charge in [0.2, 0.25) is 21.7 Å². The molecule has 138 valence electrons. The third-order valence-electron chi connectivity index (χ3n) is 3.69. The number of nitrogens with one attached hydrogen (secondary N) is 1. The molecule has 8 heteroatoms. The summed E-state index contributed by atoms with van der Waals surface area (Å²) in [7, 11) is -3.75. The summed E-state index contributed by atoms with van der Waals surface area (Å²) in [5.74, 6) is -0.895. The van der Waals surface area contributed by atoms with E-state index in [1.54, 1.807) is 6.92 Å². The van der Waals surface area contributed by atoms with E-state index in [0.717, 1.165) is 0 Å². The topological polar surface area (TPSA) is 127 Å². The highest BCUT2D eigenvalue weighted by molar-refractivity contribution is 7.91. The zero-order valence-corrected chi connectivity index (χ0v) is 15.0. The van der Waals surface area contributed by atoms with E-state index in [1.165, 1.54) is 48.5 Å². The van der Waals surface area contributed by atoms with Gasteiger partial charge >= 0.3 is 0 Å². The van der Waals surface area contributed by atoms with E-state index in [1.807, 2.05) is 0 Å². The van der Waals surface area contributed by atoms with Crippen LogP contribution >= 0.6 is 0 Å². The van der Waals surface area contributed by atoms with Gasteiger partial charge < -0.3 is 16.2 Å². The fourth-order valence-electron chi connectivity index (χ4n) is 2.22. The van der Waals surface area contributed by atoms with Crippen LogP contribution in [0, 0.1) is 0 Å². The monoisotopic (exact) mass is 376 g/mol. The lowest BCUT2D eigenvalue weighted by Crippen LogP contribution is -2.14. The Hall–Kier alpha value is -2.71. The number of aliphatic hydroxyl groups excluding tert-OH is 1. The van der Waals surface area contributed by atoms with Crippen molar-refractivity contribution in [3.05, 3.63) is 54.1 Å². The van der Waals surface area contributed by atoms with Crippen LogP contribution in [0.2, 0.25) is 0 Å². The largest absolute Gasteiger partial charge is 0.393 e. The van der Waals surface area contributed by atoms with Crippen LogP contribution < -0.4 is 11.1 Å². The Labute approximate surface area is 151 Å². The summed E-state index contributed by atoms with van der Waals surface area (Å²) in [6, 6.07) is 11.1. The van der Waals surface area contributed by atoms with E-state index in [0.29, 0.717) is 12.1 Å². The van der Waals surface area contributed by atoms with E-state index in [9.17, 15) is 23.1 Å². The average Bonchev–Trinajstić information content (AvgIpc) is 2.60. The smallest absolute Gasteiger partial charge is 0.248 e. The van der Waals surface area contributed by atoms with Gasteiger partial charge in [-0.3, -0.25) is 9.59 Å². The third-order valence-corrected chi connectivity index (χ3v) is 5.47. The Bertz CT molecular complexity index is 888. The standard InChI is InChI=1S/C18H20N2O5S/c1-12(21)2-11-17(22)20-14-5-9-16(10-6-14)26(24,25)15-7-3-13(4-8-15)18(19)23/h3-10,12,21H,2,11H2,1H3,(H2,19,23)(H,20,22). The molecule has 2 amide bonds. The number of hydrogen-bond acceptors (Lipinski definition) is 5. The maximum Gasteiger partial charge on any atom is 0.248 e. The van der Waals surface area contributed by atoms with Crippen molar-refractivity contribution in [3.8, 4) is 0 Å². The second kappa shape index (κ2) is 8.11. The van der Waals surface area contributed by atoms with Crippen LogP contribution in [0.3, 0.4) is 0 Å². The zero-order chi connectivity index (χ0) is 19.3. The molecular formula is C18H20N2O5S. The van der Waals surface area contributed by atoms with E-state index in [2.05, 4.69) is 5.32 Å². The lowest BCUT2D eigenvalue weighted by atomic mass is 10.2. The van der Waals surface area contributed by atoms with Gasteiger partial charge in [-0.1, -0.05) is 0 Å². The molecule has 0 heterocycles. The van der Waals surface area contributed by atoms with Crippen molar-refractivity contribution < 1.29 is 23.1 Å². The van der Waals surface area contributed by atoms with Crippen molar-refractivity contribution in [1.82, 2.24) is 0 Å². The highest BCUT2D eigenvalue weighted by atomic mass is 32.2. The van der Waals surface area contributed by atoms with Gasteiger partial charge in [-0.2, -0.15) is 0 Å². The van der Waals surface area contributed by atoms with Gasteiger partial charge in [0, 0.05) is 17.7 Å². The molecule has 7 nitrogen and oxygen atoms in total. The Morgan fingerprint density at radius 1 is 1.04 bits per heavy atom. The normalized spacial score (nSPS) is 12.4. The summed E-state index contributed by atoms with van der Waals surface area (Å²) in [6.07, 6.45) is -0.0435. The number of nitrogens with two attached hydrogens (primary N) is 1. The molecule has 0 aliphatic carbocycles. The molecule has 2 aromatic rings. The minimum Gasteiger partial charge on any atom is -0.393 e. The van der Waals surface area contributed by atoms with Crippen molar-refractivity contribution in [2.24, 2.45) is 5.73 Å². The zero-order valence-electron chi connectivity index (χ0n) is 14.2. The number of rotatable bonds is 7. The highest BCUT2D eigenvalue weighted by Crippen LogP contribution is 2.23. The van der Waals surface area contributed by atoms with Crippen molar-refractivity contribution in [2.45, 2.75) is 35.7 Å². The summed E-state index contributed by atoms with van der Waals surface area (Å²) in [5, 5.41) is 11.8. The molecule has 0 saturated carbocycles. The van der Waals surface area contributed by atoms with Gasteiger partial charge in [0.25, 0.3) is 0 Å². The predicted molar refractivity (Wildman–Crippen MR) is 96.4 cm³/mol. The van der Waals surface area contributed by atoms with Crippen LogP contribution in [0.4, 0.5) is 5.69 Å². The molecule has 2 rings (SSSR count). The first-order valence-electron chi connectivity index (χ1n) is 7.93. The minimum absolute atomic E-state index is 0.0382. The highest BCUT2D eigenvalue weighted by Gasteiger charge is 2.18. The van der Waals surface area contributed by atoms with Gasteiger partial charge in [-0.05, 0) is 61.9 Å². The van der Waals surface area contributed by atoms with Crippen LogP contribution in [0.5, 0.6) is 0 Å². The summed E-state index contributed by atoms with van der Waals surface area (Å²) in [4.78, 5) is 22.9. The number of primary amides is 1. The maximum atomic E-state index is 12.6. The number of aliphatic hydroxyl groups is 1. The number of carbonyl (C=O) groups is 2. The maximum absolute atomic E-state index is 12.6. The number of anilines is 1. The molecule has 0 aliphatic heterocycles. The number of hydrogen-bond donors (Lipinski definition) is 3. The lowest BCUT2D eigenvalue weighted by molar-refractivity contribution is -0.116. The molecular weight excluding hydrogens is 356 g/mol. The van der Waals surface area contributed by atoms with Crippen LogP contribution in [0.15, 0.2) is 58.3 Å². The van der Waals surface area contributed by atoms with Gasteiger partial charge in [-0.25, -0.2) is 8.42 Å². The second-order valence-electron chi connectivity index (χ2n) is 5.85. The number of carbonyl (C=O) groups excluding carboxylic acids is 2. The average molecular weight is 376 g/mol. The Balaban J connectivity index is 2.13. The molecule has 0 aliphatic rings. The van der Waals surface area contributed by atoms with Crippen LogP contribution in [-0.4, -0.2) is 31.4 Å². The Morgan fingerprint density at radius 2 is 1.54 bits per heavy atom. The lowest BCUT2D eigenvalue weighted by Gasteiger charge is -2.09. The molecule has 0 spiro atoms. The summed E-state index contributed by atoms with van der Waals surface area (Å²) >= 11 is 0. The van der Waals surface area contributed by atoms with E-state index >= 15 is 0 Å². The minimum atomic E-state index is -3.75. The molecule has 0 saturated heterocycles. The molecule has 0 aromatic heterocycles. The molecule has 4 N–H and O–H groups in total. The molecule has 26 heavy (non-hydrogen) atoms. The van der Waals surface area contributed by atoms with Gasteiger partial charge in [0.05, 0.1) is 15.9 Å². The Morgan fingerprint density at radius 3 is 2.00 bits per heavy atom. The summed E-state index contributed by atoms with van der Waals surface area (Å²) < 4.78 is 25.2. The van der Waals surface area contributed by atoms with Crippen LogP contribution in [0.25, 0.3) is 0 Å². The first-order valence-corrected chi connectivity index (χ1v) is 9.41. The fraction of sp³-hybridized carbons (Fsp3) is 0.222. The van der Waals surface area contributed by atoms with Gasteiger partial charge in [0.1, 0.15) is 0 Å². The molecule has 0 radical (unpaired) electrons. The Kier molecular flexibility index (Phi) is 6.12. The van der Waals surface area contributed by atoms with Crippen LogP contribution in [0.1, 0.15) is 30.1 Å². The van der Waals surface area contributed by atoms with Crippen molar-refractivity contribution in [1.29, 1.82) is 0 Å². The molecule has 0 bridgehead atoms. The number of amides is 2. The van der Waals surface area contributed by atoms with Crippen LogP contribution in [-0.2, 0) is 14.6 Å². The summed E-state index contributed by atoms with van der Waals surface area (Å²) in [5.41, 5.74) is 5.82. The number of benzene rings is 2. The predicted octanol–water partition coefficient (Wildman–Crippen LogP) is 1.72. The fourth-order valence-corrected chi connectivity index (χ4v) is 3.48. The second-order valence-corrected chi connectivity index (χ2v) is 7.80. The van der Waals surface area contributed by atoms with E-state index in [4.69, 9.17) is 5.73 Å². The van der Waals surface area contributed by atoms with Crippen molar-refractivity contribution in [3.63, 3.8) is 0 Å². The van der Waals surface area contributed by atoms with Crippen molar-refractivity contribution in [2.75, 3.05) is 5.32 Å². The SMILES string of the molecule is CC(O)CCC(=O)Nc1ccc(S(=O)(=O)c2ccc(C(N)=O)cc2)cc1. The van der Waals surface area contributed by atoms with Gasteiger partial charge in [-0.15, -0.1) is 0 Å². The third kappa shape index (κ3) is 4.90. The van der Waals surface area contributed by atoms with E-state index < -0.39 is 21.8 Å². The first-order chi connectivity index (χ1) is 12.2.